The van der Waals surface area contributed by atoms with Gasteiger partial charge in [-0.05, 0) is 103 Å². The second kappa shape index (κ2) is 8.18. The van der Waals surface area contributed by atoms with Gasteiger partial charge in [0.05, 0.1) is 0 Å². The highest BCUT2D eigenvalue weighted by molar-refractivity contribution is 5.51. The number of hydrogen-bond acceptors (Lipinski definition) is 5. The summed E-state index contributed by atoms with van der Waals surface area (Å²) in [6.45, 7) is 10.7. The monoisotopic (exact) mass is 486 g/mol. The Bertz CT molecular complexity index is 1150. The first-order valence-corrected chi connectivity index (χ1v) is 14.6. The molecule has 1 aromatic carbocycles. The highest BCUT2D eigenvalue weighted by Crippen LogP contribution is 2.71. The summed E-state index contributed by atoms with van der Waals surface area (Å²) in [7, 11) is 0. The Morgan fingerprint density at radius 1 is 1.14 bits per heavy atom. The summed E-state index contributed by atoms with van der Waals surface area (Å²) in [6.07, 6.45) is 13.9. The van der Waals surface area contributed by atoms with E-state index in [0.717, 1.165) is 31.3 Å². The molecule has 2 bridgehead atoms. The molecule has 2 aliphatic heterocycles. The Morgan fingerprint density at radius 3 is 2.67 bits per heavy atom. The second-order valence-corrected chi connectivity index (χ2v) is 12.9. The number of hydrogen-bond donors (Lipinski definition) is 1. The summed E-state index contributed by atoms with van der Waals surface area (Å²) < 4.78 is 0. The molecular formula is C31H42N4O. The minimum atomic E-state index is 0.118. The van der Waals surface area contributed by atoms with Gasteiger partial charge >= 0.3 is 0 Å². The van der Waals surface area contributed by atoms with Crippen LogP contribution in [0.1, 0.15) is 76.0 Å². The molecule has 5 aliphatic rings. The van der Waals surface area contributed by atoms with Crippen molar-refractivity contribution in [1.82, 2.24) is 14.9 Å². The van der Waals surface area contributed by atoms with Gasteiger partial charge in [0.25, 0.3) is 0 Å². The molecule has 0 amide bonds. The van der Waals surface area contributed by atoms with E-state index in [1.165, 1.54) is 68.3 Å². The van der Waals surface area contributed by atoms with E-state index in [-0.39, 0.29) is 10.8 Å². The zero-order valence-electron chi connectivity index (χ0n) is 22.3. The van der Waals surface area contributed by atoms with Crippen LogP contribution < -0.4 is 4.90 Å². The molecule has 5 nitrogen and oxygen atoms in total. The average Bonchev–Trinajstić information content (AvgIpc) is 3.56. The molecule has 192 valence electrons. The number of anilines is 1. The van der Waals surface area contributed by atoms with E-state index in [0.29, 0.717) is 29.7 Å². The van der Waals surface area contributed by atoms with E-state index < -0.39 is 0 Å². The van der Waals surface area contributed by atoms with Gasteiger partial charge in [0.15, 0.2) is 0 Å². The van der Waals surface area contributed by atoms with E-state index in [4.69, 9.17) is 9.97 Å². The number of piperidine rings is 1. The normalized spacial score (nSPS) is 37.0. The topological polar surface area (TPSA) is 52.5 Å². The third-order valence-corrected chi connectivity index (χ3v) is 11.1. The Balaban J connectivity index is 1.34. The van der Waals surface area contributed by atoms with Gasteiger partial charge in [0, 0.05) is 43.0 Å². The fourth-order valence-electron chi connectivity index (χ4n) is 9.54. The molecule has 1 aromatic heterocycles. The minimum Gasteiger partial charge on any atom is -0.508 e. The summed E-state index contributed by atoms with van der Waals surface area (Å²) in [5.74, 6) is 3.52. The first-order valence-electron chi connectivity index (χ1n) is 14.6. The fourth-order valence-corrected chi connectivity index (χ4v) is 9.54. The summed E-state index contributed by atoms with van der Waals surface area (Å²) in [5.41, 5.74) is 4.55. The van der Waals surface area contributed by atoms with E-state index in [1.54, 1.807) is 0 Å². The molecule has 36 heavy (non-hydrogen) atoms. The number of fused-ring (bicyclic) bond motifs is 2. The van der Waals surface area contributed by atoms with Gasteiger partial charge in [-0.25, -0.2) is 9.97 Å². The first kappa shape index (κ1) is 23.0. The SMILES string of the molecule is CCCC1C2[C@H](CN1c1ncc(CC)cn1)CC1(C)C3Cc4ccc(O)cc4C21CCN3CC1CC1. The molecule has 5 unspecified atom stereocenters. The summed E-state index contributed by atoms with van der Waals surface area (Å²) in [5, 5.41) is 10.7. The predicted octanol–water partition coefficient (Wildman–Crippen LogP) is 5.35. The summed E-state index contributed by atoms with van der Waals surface area (Å²) in [4.78, 5) is 15.2. The maximum absolute atomic E-state index is 10.7. The molecule has 3 heterocycles. The lowest BCUT2D eigenvalue weighted by Gasteiger charge is -2.63. The summed E-state index contributed by atoms with van der Waals surface area (Å²) in [6, 6.07) is 7.42. The van der Waals surface area contributed by atoms with E-state index >= 15 is 0 Å². The van der Waals surface area contributed by atoms with Crippen molar-refractivity contribution < 1.29 is 5.11 Å². The Morgan fingerprint density at radius 2 is 1.94 bits per heavy atom. The van der Waals surface area contributed by atoms with Crippen LogP contribution in [0.2, 0.25) is 0 Å². The van der Waals surface area contributed by atoms with Gasteiger partial charge in [-0.3, -0.25) is 4.90 Å². The number of benzene rings is 1. The van der Waals surface area contributed by atoms with Crippen LogP contribution in [0, 0.1) is 23.2 Å². The van der Waals surface area contributed by atoms with Crippen LogP contribution in [0.3, 0.4) is 0 Å². The van der Waals surface area contributed by atoms with Crippen LogP contribution in [0.25, 0.3) is 0 Å². The van der Waals surface area contributed by atoms with Gasteiger partial charge in [0.2, 0.25) is 5.95 Å². The third kappa shape index (κ3) is 3.10. The van der Waals surface area contributed by atoms with Crippen LogP contribution in [-0.4, -0.2) is 51.7 Å². The molecule has 5 heteroatoms. The number of rotatable bonds is 6. The van der Waals surface area contributed by atoms with Crippen molar-refractivity contribution in [3.63, 3.8) is 0 Å². The molecule has 2 aromatic rings. The van der Waals surface area contributed by atoms with Gasteiger partial charge in [-0.2, -0.15) is 0 Å². The van der Waals surface area contributed by atoms with Crippen LogP contribution in [0.5, 0.6) is 5.75 Å². The van der Waals surface area contributed by atoms with Crippen molar-refractivity contribution in [2.45, 2.75) is 89.6 Å². The van der Waals surface area contributed by atoms with Gasteiger partial charge in [-0.1, -0.05) is 33.3 Å². The maximum atomic E-state index is 10.7. The van der Waals surface area contributed by atoms with Crippen LogP contribution >= 0.6 is 0 Å². The molecule has 4 fully saturated rings. The number of aromatic nitrogens is 2. The molecule has 1 N–H and O–H groups in total. The highest BCUT2D eigenvalue weighted by Gasteiger charge is 2.72. The van der Waals surface area contributed by atoms with E-state index in [1.807, 2.05) is 18.5 Å². The molecule has 0 radical (unpaired) electrons. The van der Waals surface area contributed by atoms with Crippen LogP contribution in [0.15, 0.2) is 30.6 Å². The van der Waals surface area contributed by atoms with Crippen molar-refractivity contribution in [1.29, 1.82) is 0 Å². The first-order chi connectivity index (χ1) is 17.5. The number of phenols is 1. The standard InChI is InChI=1S/C31H42N4O/c1-4-6-26-28-23(19-35(26)29-32-16-20(5-2)17-33-29)15-30(3)27-13-22-9-10-24(36)14-25(22)31(28,30)11-12-34(27)18-21-7-8-21/h9-10,14,16-17,21,23,26-28,36H,4-8,11-13,15,18-19H2,1-3H3/t23-,26?,27?,28?,30?,31?/m0/s1. The number of aryl methyl sites for hydroxylation is 1. The molecule has 2 saturated carbocycles. The molecule has 7 rings (SSSR count). The van der Waals surface area contributed by atoms with Crippen molar-refractivity contribution in [3.05, 3.63) is 47.3 Å². The lowest BCUT2D eigenvalue weighted by molar-refractivity contribution is -0.0576. The zero-order valence-corrected chi connectivity index (χ0v) is 22.3. The number of likely N-dealkylation sites (tertiary alicyclic amines) is 1. The Labute approximate surface area is 216 Å². The summed E-state index contributed by atoms with van der Waals surface area (Å²) >= 11 is 0. The largest absolute Gasteiger partial charge is 0.508 e. The highest BCUT2D eigenvalue weighted by atomic mass is 16.3. The second-order valence-electron chi connectivity index (χ2n) is 12.9. The van der Waals surface area contributed by atoms with Crippen molar-refractivity contribution in [3.8, 4) is 5.75 Å². The maximum Gasteiger partial charge on any atom is 0.225 e. The zero-order chi connectivity index (χ0) is 24.7. The van der Waals surface area contributed by atoms with E-state index in [9.17, 15) is 5.11 Å². The van der Waals surface area contributed by atoms with Gasteiger partial charge < -0.3 is 10.0 Å². The third-order valence-electron chi connectivity index (χ3n) is 11.1. The van der Waals surface area contributed by atoms with Gasteiger partial charge in [-0.15, -0.1) is 0 Å². The van der Waals surface area contributed by atoms with Crippen LogP contribution in [-0.2, 0) is 18.3 Å². The number of nitrogens with zero attached hydrogens (tertiary/aromatic N) is 4. The molecule has 0 spiro atoms. The molecule has 3 aliphatic carbocycles. The Hall–Kier alpha value is -2.14. The van der Waals surface area contributed by atoms with E-state index in [2.05, 4.69) is 42.7 Å². The lowest BCUT2D eigenvalue weighted by atomic mass is 9.48. The molecular weight excluding hydrogens is 444 g/mol. The molecule has 2 saturated heterocycles. The Kier molecular flexibility index (Phi) is 5.23. The quantitative estimate of drug-likeness (QED) is 0.596. The van der Waals surface area contributed by atoms with Gasteiger partial charge in [0.1, 0.15) is 5.75 Å². The van der Waals surface area contributed by atoms with Crippen molar-refractivity contribution >= 4 is 5.95 Å². The number of phenolic OH excluding ortho intramolecular Hbond substituents is 1. The lowest BCUT2D eigenvalue weighted by Crippen LogP contribution is -2.66. The fraction of sp³-hybridized carbons (Fsp3) is 0.677. The number of aromatic hydroxyl groups is 1. The van der Waals surface area contributed by atoms with Crippen molar-refractivity contribution in [2.24, 2.45) is 23.2 Å². The smallest absolute Gasteiger partial charge is 0.225 e. The predicted molar refractivity (Wildman–Crippen MR) is 143 cm³/mol. The molecule has 6 atom stereocenters. The minimum absolute atomic E-state index is 0.118. The van der Waals surface area contributed by atoms with Crippen molar-refractivity contribution in [2.75, 3.05) is 24.5 Å². The van der Waals surface area contributed by atoms with Crippen LogP contribution in [0.4, 0.5) is 5.95 Å². The average molecular weight is 487 g/mol.